The van der Waals surface area contributed by atoms with Crippen LogP contribution in [0.1, 0.15) is 61.0 Å². The third-order valence-corrected chi connectivity index (χ3v) is 4.53. The number of nitrogens with zero attached hydrogens (tertiary/aromatic N) is 2. The van der Waals surface area contributed by atoms with Crippen LogP contribution in [0.4, 0.5) is 0 Å². The topological polar surface area (TPSA) is 76.4 Å². The lowest BCUT2D eigenvalue weighted by Crippen LogP contribution is -2.46. The quantitative estimate of drug-likeness (QED) is 0.834. The van der Waals surface area contributed by atoms with Crippen LogP contribution in [0, 0.1) is 0 Å². The maximum absolute atomic E-state index is 12.5. The minimum atomic E-state index is -0.840. The molecule has 1 amide bonds. The molecule has 6 heteroatoms. The van der Waals surface area contributed by atoms with Gasteiger partial charge in [0.2, 0.25) is 0 Å². The standard InChI is InChI=1S/C16H25N3O3/c1-2-7-19-14(12-3-4-12)13(10-18-19)15(20)17-11-16(21)5-8-22-9-6-16/h10,12,21H,2-9,11H2,1H3,(H,17,20). The maximum atomic E-state index is 12.5. The minimum Gasteiger partial charge on any atom is -0.388 e. The molecule has 0 aromatic carbocycles. The van der Waals surface area contributed by atoms with Crippen molar-refractivity contribution < 1.29 is 14.6 Å². The minimum absolute atomic E-state index is 0.121. The fourth-order valence-electron chi connectivity index (χ4n) is 3.02. The smallest absolute Gasteiger partial charge is 0.254 e. The van der Waals surface area contributed by atoms with Crippen molar-refractivity contribution in [3.63, 3.8) is 0 Å². The molecule has 0 unspecified atom stereocenters. The Morgan fingerprint density at radius 1 is 1.50 bits per heavy atom. The van der Waals surface area contributed by atoms with E-state index in [0.29, 0.717) is 37.5 Å². The first-order valence-electron chi connectivity index (χ1n) is 8.27. The van der Waals surface area contributed by atoms with Crippen molar-refractivity contribution >= 4 is 5.91 Å². The summed E-state index contributed by atoms with van der Waals surface area (Å²) in [6, 6.07) is 0. The molecule has 6 nitrogen and oxygen atoms in total. The zero-order chi connectivity index (χ0) is 15.6. The van der Waals surface area contributed by atoms with Crippen molar-refractivity contribution in [3.05, 3.63) is 17.5 Å². The van der Waals surface area contributed by atoms with E-state index in [4.69, 9.17) is 4.74 Å². The average Bonchev–Trinajstić information content (AvgIpc) is 3.27. The molecular formula is C16H25N3O3. The van der Waals surface area contributed by atoms with E-state index in [9.17, 15) is 9.90 Å². The van der Waals surface area contributed by atoms with E-state index in [2.05, 4.69) is 17.3 Å². The van der Waals surface area contributed by atoms with Gasteiger partial charge in [-0.1, -0.05) is 6.92 Å². The van der Waals surface area contributed by atoms with Crippen LogP contribution in [-0.2, 0) is 11.3 Å². The molecule has 2 N–H and O–H groups in total. The fraction of sp³-hybridized carbons (Fsp3) is 0.750. The number of rotatable bonds is 6. The lowest BCUT2D eigenvalue weighted by molar-refractivity contribution is -0.0605. The van der Waals surface area contributed by atoms with Gasteiger partial charge in [0, 0.05) is 45.1 Å². The summed E-state index contributed by atoms with van der Waals surface area (Å²) >= 11 is 0. The highest BCUT2D eigenvalue weighted by Crippen LogP contribution is 2.41. The summed E-state index contributed by atoms with van der Waals surface area (Å²) in [4.78, 5) is 12.5. The van der Waals surface area contributed by atoms with Gasteiger partial charge in [-0.05, 0) is 19.3 Å². The van der Waals surface area contributed by atoms with Gasteiger partial charge < -0.3 is 15.2 Å². The Balaban J connectivity index is 1.67. The second kappa shape index (κ2) is 6.38. The highest BCUT2D eigenvalue weighted by atomic mass is 16.5. The molecule has 3 rings (SSSR count). The van der Waals surface area contributed by atoms with Gasteiger partial charge in [-0.15, -0.1) is 0 Å². The van der Waals surface area contributed by atoms with Crippen molar-refractivity contribution in [1.82, 2.24) is 15.1 Å². The zero-order valence-electron chi connectivity index (χ0n) is 13.2. The molecule has 2 fully saturated rings. The monoisotopic (exact) mass is 307 g/mol. The lowest BCUT2D eigenvalue weighted by Gasteiger charge is -2.32. The van der Waals surface area contributed by atoms with Crippen LogP contribution in [0.3, 0.4) is 0 Å². The summed E-state index contributed by atoms with van der Waals surface area (Å²) in [7, 11) is 0. The molecule has 2 aliphatic rings. The van der Waals surface area contributed by atoms with Crippen LogP contribution < -0.4 is 5.32 Å². The molecule has 0 atom stereocenters. The molecule has 0 bridgehead atoms. The van der Waals surface area contributed by atoms with Crippen LogP contribution in [0.25, 0.3) is 0 Å². The number of aliphatic hydroxyl groups is 1. The van der Waals surface area contributed by atoms with Gasteiger partial charge in [0.05, 0.1) is 23.1 Å². The summed E-state index contributed by atoms with van der Waals surface area (Å²) < 4.78 is 7.23. The van der Waals surface area contributed by atoms with Gasteiger partial charge >= 0.3 is 0 Å². The number of nitrogens with one attached hydrogen (secondary N) is 1. The Labute approximate surface area is 130 Å². The van der Waals surface area contributed by atoms with Gasteiger partial charge in [0.25, 0.3) is 5.91 Å². The predicted octanol–water partition coefficient (Wildman–Crippen LogP) is 1.44. The van der Waals surface area contributed by atoms with Gasteiger partial charge in [-0.2, -0.15) is 5.10 Å². The van der Waals surface area contributed by atoms with Gasteiger partial charge in [0.1, 0.15) is 0 Å². The second-order valence-corrected chi connectivity index (χ2v) is 6.46. The van der Waals surface area contributed by atoms with Crippen molar-refractivity contribution in [2.75, 3.05) is 19.8 Å². The maximum Gasteiger partial charge on any atom is 0.254 e. The Kier molecular flexibility index (Phi) is 4.49. The molecule has 1 saturated carbocycles. The number of aryl methyl sites for hydroxylation is 1. The van der Waals surface area contributed by atoms with E-state index in [-0.39, 0.29) is 12.5 Å². The number of hydrogen-bond acceptors (Lipinski definition) is 4. The van der Waals surface area contributed by atoms with E-state index in [1.54, 1.807) is 6.20 Å². The summed E-state index contributed by atoms with van der Waals surface area (Å²) in [6.07, 6.45) is 6.08. The van der Waals surface area contributed by atoms with Gasteiger partial charge in [-0.3, -0.25) is 9.48 Å². The van der Waals surface area contributed by atoms with Crippen LogP contribution in [0.2, 0.25) is 0 Å². The Bertz CT molecular complexity index is 531. The van der Waals surface area contributed by atoms with Crippen LogP contribution >= 0.6 is 0 Å². The highest BCUT2D eigenvalue weighted by Gasteiger charge is 2.34. The first kappa shape index (κ1) is 15.5. The van der Waals surface area contributed by atoms with Crippen molar-refractivity contribution in [3.8, 4) is 0 Å². The molecule has 1 aromatic rings. The first-order chi connectivity index (χ1) is 10.6. The predicted molar refractivity (Wildman–Crippen MR) is 81.8 cm³/mol. The lowest BCUT2D eigenvalue weighted by atomic mass is 9.94. The number of ether oxygens (including phenoxy) is 1. The summed E-state index contributed by atoms with van der Waals surface area (Å²) in [6.45, 7) is 4.33. The number of amides is 1. The fourth-order valence-corrected chi connectivity index (χ4v) is 3.02. The van der Waals surface area contributed by atoms with Gasteiger partial charge in [-0.25, -0.2) is 0 Å². The zero-order valence-corrected chi connectivity index (χ0v) is 13.2. The Morgan fingerprint density at radius 3 is 2.86 bits per heavy atom. The molecule has 1 aromatic heterocycles. The molecule has 2 heterocycles. The average molecular weight is 307 g/mol. The van der Waals surface area contributed by atoms with Crippen molar-refractivity contribution in [2.45, 2.75) is 57.1 Å². The molecule has 1 aliphatic heterocycles. The number of aromatic nitrogens is 2. The molecule has 1 saturated heterocycles. The Hall–Kier alpha value is -1.40. The number of carbonyl (C=O) groups is 1. The molecule has 22 heavy (non-hydrogen) atoms. The summed E-state index contributed by atoms with van der Waals surface area (Å²) in [5.74, 6) is 0.352. The van der Waals surface area contributed by atoms with E-state index in [1.165, 1.54) is 0 Å². The van der Waals surface area contributed by atoms with Crippen LogP contribution in [0.5, 0.6) is 0 Å². The highest BCUT2D eigenvalue weighted by molar-refractivity contribution is 5.95. The van der Waals surface area contributed by atoms with Crippen LogP contribution in [0.15, 0.2) is 6.20 Å². The first-order valence-corrected chi connectivity index (χ1v) is 8.27. The van der Waals surface area contributed by atoms with Crippen LogP contribution in [-0.4, -0.2) is 46.2 Å². The Morgan fingerprint density at radius 2 is 2.23 bits per heavy atom. The summed E-state index contributed by atoms with van der Waals surface area (Å²) in [5, 5.41) is 17.7. The van der Waals surface area contributed by atoms with Crippen molar-refractivity contribution in [2.24, 2.45) is 0 Å². The normalized spacial score (nSPS) is 20.8. The van der Waals surface area contributed by atoms with Gasteiger partial charge in [0.15, 0.2) is 0 Å². The summed E-state index contributed by atoms with van der Waals surface area (Å²) in [5.41, 5.74) is 0.900. The van der Waals surface area contributed by atoms with E-state index in [0.717, 1.165) is 31.5 Å². The molecule has 122 valence electrons. The largest absolute Gasteiger partial charge is 0.388 e. The third kappa shape index (κ3) is 3.33. The van der Waals surface area contributed by atoms with E-state index in [1.807, 2.05) is 4.68 Å². The van der Waals surface area contributed by atoms with E-state index < -0.39 is 5.60 Å². The van der Waals surface area contributed by atoms with E-state index >= 15 is 0 Å². The SMILES string of the molecule is CCCn1ncc(C(=O)NCC2(O)CCOCC2)c1C1CC1. The molecular weight excluding hydrogens is 282 g/mol. The molecule has 0 radical (unpaired) electrons. The number of carbonyl (C=O) groups excluding carboxylic acids is 1. The van der Waals surface area contributed by atoms with Crippen molar-refractivity contribution in [1.29, 1.82) is 0 Å². The number of hydrogen-bond donors (Lipinski definition) is 2. The third-order valence-electron chi connectivity index (χ3n) is 4.53. The second-order valence-electron chi connectivity index (χ2n) is 6.46. The molecule has 0 spiro atoms. The molecule has 1 aliphatic carbocycles.